The van der Waals surface area contributed by atoms with Crippen LogP contribution < -0.4 is 10.1 Å². The quantitative estimate of drug-likeness (QED) is 0.726. The van der Waals surface area contributed by atoms with Gasteiger partial charge in [0.1, 0.15) is 10.8 Å². The Morgan fingerprint density at radius 1 is 1.20 bits per heavy atom. The van der Waals surface area contributed by atoms with Crippen LogP contribution in [0.2, 0.25) is 0 Å². The van der Waals surface area contributed by atoms with E-state index in [0.29, 0.717) is 6.61 Å². The van der Waals surface area contributed by atoms with Crippen LogP contribution in [0.25, 0.3) is 21.8 Å². The molecule has 0 aliphatic carbocycles. The predicted octanol–water partition coefficient (Wildman–Crippen LogP) is 4.93. The summed E-state index contributed by atoms with van der Waals surface area (Å²) in [6.07, 6.45) is 0. The molecule has 1 aromatic heterocycles. The average Bonchev–Trinajstić information content (AvgIpc) is 3.21. The molecule has 0 saturated carbocycles. The summed E-state index contributed by atoms with van der Waals surface area (Å²) >= 11 is 1.61. The van der Waals surface area contributed by atoms with Crippen LogP contribution in [0.4, 0.5) is 5.69 Å². The van der Waals surface area contributed by atoms with Gasteiger partial charge in [0.2, 0.25) is 5.91 Å². The standard InChI is InChI=1S/C20H18N2O2S/c1-3-24-15-6-4-5-14(9-15)20-22-18(11-25-20)13-7-8-17-16(10-13)12(2)19(23)21-17/h4-12H,3H2,1-2H3,(H,21,23)/t12-/m1/s1. The zero-order valence-corrected chi connectivity index (χ0v) is 14.9. The zero-order chi connectivity index (χ0) is 17.4. The molecule has 4 rings (SSSR count). The van der Waals surface area contributed by atoms with Crippen LogP contribution in [0.5, 0.6) is 5.75 Å². The molecule has 1 amide bonds. The third-order valence-electron chi connectivity index (χ3n) is 4.36. The minimum atomic E-state index is -0.115. The molecule has 0 spiro atoms. The van der Waals surface area contributed by atoms with Crippen molar-refractivity contribution >= 4 is 22.9 Å². The Morgan fingerprint density at radius 2 is 2.08 bits per heavy atom. The maximum absolute atomic E-state index is 11.8. The molecule has 0 radical (unpaired) electrons. The first kappa shape index (κ1) is 15.8. The van der Waals surface area contributed by atoms with Crippen LogP contribution in [0.15, 0.2) is 47.8 Å². The summed E-state index contributed by atoms with van der Waals surface area (Å²) in [4.78, 5) is 16.6. The third-order valence-corrected chi connectivity index (χ3v) is 5.25. The topological polar surface area (TPSA) is 51.2 Å². The number of carbonyl (C=O) groups is 1. The number of benzene rings is 2. The normalized spacial score (nSPS) is 15.8. The molecule has 3 aromatic rings. The number of thiazole rings is 1. The van der Waals surface area contributed by atoms with E-state index in [-0.39, 0.29) is 11.8 Å². The third kappa shape index (κ3) is 2.91. The number of nitrogens with one attached hydrogen (secondary N) is 1. The lowest BCUT2D eigenvalue weighted by Gasteiger charge is -2.05. The number of nitrogens with zero attached hydrogens (tertiary/aromatic N) is 1. The molecule has 0 unspecified atom stereocenters. The molecule has 1 aliphatic rings. The first-order valence-corrected chi connectivity index (χ1v) is 9.17. The van der Waals surface area contributed by atoms with Gasteiger partial charge in [0, 0.05) is 22.2 Å². The van der Waals surface area contributed by atoms with Gasteiger partial charge in [-0.25, -0.2) is 4.98 Å². The maximum atomic E-state index is 11.8. The molecule has 0 bridgehead atoms. The van der Waals surface area contributed by atoms with Crippen molar-refractivity contribution in [2.45, 2.75) is 19.8 Å². The lowest BCUT2D eigenvalue weighted by atomic mass is 9.99. The van der Waals surface area contributed by atoms with Crippen LogP contribution in [0.1, 0.15) is 25.3 Å². The van der Waals surface area contributed by atoms with Gasteiger partial charge in [0.25, 0.3) is 0 Å². The van der Waals surface area contributed by atoms with Crippen LogP contribution in [-0.2, 0) is 4.79 Å². The van der Waals surface area contributed by atoms with E-state index in [1.54, 1.807) is 11.3 Å². The number of rotatable bonds is 4. The highest BCUT2D eigenvalue weighted by atomic mass is 32.1. The van der Waals surface area contributed by atoms with Gasteiger partial charge in [-0.15, -0.1) is 11.3 Å². The molecule has 126 valence electrons. The molecule has 0 fully saturated rings. The van der Waals surface area contributed by atoms with Crippen molar-refractivity contribution in [1.29, 1.82) is 0 Å². The van der Waals surface area contributed by atoms with Crippen molar-refractivity contribution in [3.05, 3.63) is 53.4 Å². The first-order chi connectivity index (χ1) is 12.2. The lowest BCUT2D eigenvalue weighted by molar-refractivity contribution is -0.116. The molecule has 25 heavy (non-hydrogen) atoms. The smallest absolute Gasteiger partial charge is 0.231 e. The SMILES string of the molecule is CCOc1cccc(-c2nc(-c3ccc4c(c3)[C@@H](C)C(=O)N4)cs2)c1. The summed E-state index contributed by atoms with van der Waals surface area (Å²) < 4.78 is 5.57. The van der Waals surface area contributed by atoms with E-state index in [4.69, 9.17) is 9.72 Å². The highest BCUT2D eigenvalue weighted by molar-refractivity contribution is 7.13. The average molecular weight is 350 g/mol. The first-order valence-electron chi connectivity index (χ1n) is 8.29. The van der Waals surface area contributed by atoms with Crippen LogP contribution in [0, 0.1) is 0 Å². The fraction of sp³-hybridized carbons (Fsp3) is 0.200. The summed E-state index contributed by atoms with van der Waals surface area (Å²) in [5, 5.41) is 5.92. The van der Waals surface area contributed by atoms with Crippen molar-refractivity contribution in [3.8, 4) is 27.6 Å². The monoisotopic (exact) mass is 350 g/mol. The van der Waals surface area contributed by atoms with Crippen LogP contribution in [-0.4, -0.2) is 17.5 Å². The predicted molar refractivity (Wildman–Crippen MR) is 101 cm³/mol. The number of aromatic nitrogens is 1. The van der Waals surface area contributed by atoms with Gasteiger partial charge in [0.05, 0.1) is 18.2 Å². The molecule has 1 atom stereocenters. The number of ether oxygens (including phenoxy) is 1. The summed E-state index contributed by atoms with van der Waals surface area (Å²) in [6.45, 7) is 4.55. The number of amides is 1. The lowest BCUT2D eigenvalue weighted by Crippen LogP contribution is -2.08. The zero-order valence-electron chi connectivity index (χ0n) is 14.1. The molecule has 2 heterocycles. The Labute approximate surface area is 150 Å². The van der Waals surface area contributed by atoms with Crippen molar-refractivity contribution in [2.24, 2.45) is 0 Å². The highest BCUT2D eigenvalue weighted by Crippen LogP contribution is 2.37. The highest BCUT2D eigenvalue weighted by Gasteiger charge is 2.26. The number of anilines is 1. The summed E-state index contributed by atoms with van der Waals surface area (Å²) in [7, 11) is 0. The molecule has 4 nitrogen and oxygen atoms in total. The molecule has 1 aliphatic heterocycles. The van der Waals surface area contributed by atoms with Gasteiger partial charge in [-0.05, 0) is 43.7 Å². The molecule has 5 heteroatoms. The number of hydrogen-bond acceptors (Lipinski definition) is 4. The second kappa shape index (κ2) is 6.33. The summed E-state index contributed by atoms with van der Waals surface area (Å²) in [5.41, 5.74) is 4.95. The van der Waals surface area contributed by atoms with Crippen molar-refractivity contribution in [3.63, 3.8) is 0 Å². The van der Waals surface area contributed by atoms with E-state index in [0.717, 1.165) is 38.8 Å². The van der Waals surface area contributed by atoms with E-state index in [9.17, 15) is 4.79 Å². The summed E-state index contributed by atoms with van der Waals surface area (Å²) in [6, 6.07) is 14.0. The Hall–Kier alpha value is -2.66. The minimum Gasteiger partial charge on any atom is -0.494 e. The van der Waals surface area contributed by atoms with Gasteiger partial charge >= 0.3 is 0 Å². The van der Waals surface area contributed by atoms with Gasteiger partial charge in [-0.3, -0.25) is 4.79 Å². The number of hydrogen-bond donors (Lipinski definition) is 1. The molecular formula is C20H18N2O2S. The van der Waals surface area contributed by atoms with Crippen LogP contribution >= 0.6 is 11.3 Å². The van der Waals surface area contributed by atoms with Crippen molar-refractivity contribution in [2.75, 3.05) is 11.9 Å². The van der Waals surface area contributed by atoms with E-state index < -0.39 is 0 Å². The van der Waals surface area contributed by atoms with Gasteiger partial charge in [0.15, 0.2) is 0 Å². The Kier molecular flexibility index (Phi) is 4.01. The number of fused-ring (bicyclic) bond motifs is 1. The maximum Gasteiger partial charge on any atom is 0.231 e. The van der Waals surface area contributed by atoms with Crippen LogP contribution in [0.3, 0.4) is 0 Å². The van der Waals surface area contributed by atoms with E-state index in [2.05, 4.69) is 16.8 Å². The molecule has 0 saturated heterocycles. The van der Waals surface area contributed by atoms with Crippen molar-refractivity contribution < 1.29 is 9.53 Å². The fourth-order valence-electron chi connectivity index (χ4n) is 3.00. The van der Waals surface area contributed by atoms with E-state index in [1.165, 1.54) is 0 Å². The second-order valence-electron chi connectivity index (χ2n) is 6.01. The van der Waals surface area contributed by atoms with E-state index >= 15 is 0 Å². The summed E-state index contributed by atoms with van der Waals surface area (Å²) in [5.74, 6) is 0.794. The Bertz CT molecular complexity index is 948. The van der Waals surface area contributed by atoms with E-state index in [1.807, 2.05) is 50.2 Å². The molecular weight excluding hydrogens is 332 g/mol. The fourth-order valence-corrected chi connectivity index (χ4v) is 3.83. The minimum absolute atomic E-state index is 0.0545. The van der Waals surface area contributed by atoms with Gasteiger partial charge in [-0.1, -0.05) is 18.2 Å². The Balaban J connectivity index is 1.66. The second-order valence-corrected chi connectivity index (χ2v) is 6.87. The number of carbonyl (C=O) groups excluding carboxylic acids is 1. The largest absolute Gasteiger partial charge is 0.494 e. The molecule has 1 N–H and O–H groups in total. The van der Waals surface area contributed by atoms with Crippen molar-refractivity contribution in [1.82, 2.24) is 4.98 Å². The Morgan fingerprint density at radius 3 is 2.92 bits per heavy atom. The van der Waals surface area contributed by atoms with Gasteiger partial charge < -0.3 is 10.1 Å². The van der Waals surface area contributed by atoms with Gasteiger partial charge in [-0.2, -0.15) is 0 Å². The molecule has 2 aromatic carbocycles.